The summed E-state index contributed by atoms with van der Waals surface area (Å²) in [5, 5.41) is 0. The fraction of sp³-hybridized carbons (Fsp3) is 0.385. The van der Waals surface area contributed by atoms with Crippen molar-refractivity contribution in [3.8, 4) is 0 Å². The molecule has 0 aromatic heterocycles. The maximum atomic E-state index is 12.0. The predicted octanol–water partition coefficient (Wildman–Crippen LogP) is 1.55. The van der Waals surface area contributed by atoms with Gasteiger partial charge in [0.05, 0.1) is 22.8 Å². The summed E-state index contributed by atoms with van der Waals surface area (Å²) in [5.74, 6) is -0.241. The molecule has 0 saturated carbocycles. The molecule has 5 nitrogen and oxygen atoms in total. The molecule has 1 saturated heterocycles. The van der Waals surface area contributed by atoms with Crippen LogP contribution in [0.4, 0.5) is 5.69 Å². The van der Waals surface area contributed by atoms with Crippen LogP contribution in [0, 0.1) is 5.92 Å². The number of carbonyl (C=O) groups is 2. The number of methoxy groups -OCH3 is 1. The van der Waals surface area contributed by atoms with Crippen molar-refractivity contribution in [2.45, 2.75) is 6.42 Å². The van der Waals surface area contributed by atoms with Gasteiger partial charge in [-0.05, 0) is 40.5 Å². The Hall–Kier alpha value is -1.40. The Morgan fingerprint density at radius 1 is 1.58 bits per heavy atom. The molecular weight excluding hydrogens is 312 g/mol. The van der Waals surface area contributed by atoms with Gasteiger partial charge in [0.15, 0.2) is 0 Å². The Labute approximate surface area is 119 Å². The van der Waals surface area contributed by atoms with Gasteiger partial charge in [-0.2, -0.15) is 0 Å². The van der Waals surface area contributed by atoms with E-state index < -0.39 is 5.97 Å². The summed E-state index contributed by atoms with van der Waals surface area (Å²) in [6, 6.07) is 5.18. The monoisotopic (exact) mass is 326 g/mol. The molecule has 1 aliphatic rings. The average Bonchev–Trinajstić information content (AvgIpc) is 2.79. The number of carbonyl (C=O) groups excluding carboxylic acids is 2. The van der Waals surface area contributed by atoms with Crippen molar-refractivity contribution in [2.75, 3.05) is 25.1 Å². The fourth-order valence-electron chi connectivity index (χ4n) is 2.17. The number of anilines is 1. The van der Waals surface area contributed by atoms with E-state index >= 15 is 0 Å². The zero-order valence-corrected chi connectivity index (χ0v) is 12.1. The number of rotatable bonds is 3. The number of nitrogens with zero attached hydrogens (tertiary/aromatic N) is 1. The molecule has 2 N–H and O–H groups in total. The summed E-state index contributed by atoms with van der Waals surface area (Å²) < 4.78 is 5.29. The molecule has 19 heavy (non-hydrogen) atoms. The maximum Gasteiger partial charge on any atom is 0.339 e. The van der Waals surface area contributed by atoms with Crippen LogP contribution < -0.4 is 10.6 Å². The van der Waals surface area contributed by atoms with Crippen LogP contribution in [-0.2, 0) is 9.53 Å². The molecule has 1 fully saturated rings. The number of amides is 1. The van der Waals surface area contributed by atoms with Gasteiger partial charge in [-0.25, -0.2) is 4.79 Å². The number of hydrogen-bond acceptors (Lipinski definition) is 4. The molecule has 1 atom stereocenters. The molecule has 1 aromatic rings. The Morgan fingerprint density at radius 3 is 2.89 bits per heavy atom. The molecule has 1 heterocycles. The number of ether oxygens (including phenoxy) is 1. The van der Waals surface area contributed by atoms with Gasteiger partial charge in [-0.3, -0.25) is 4.79 Å². The lowest BCUT2D eigenvalue weighted by molar-refractivity contribution is -0.117. The molecule has 0 bridgehead atoms. The first-order valence-corrected chi connectivity index (χ1v) is 6.75. The van der Waals surface area contributed by atoms with Crippen molar-refractivity contribution in [3.05, 3.63) is 28.2 Å². The largest absolute Gasteiger partial charge is 0.465 e. The highest BCUT2D eigenvalue weighted by Crippen LogP contribution is 2.33. The second kappa shape index (κ2) is 5.71. The molecule has 1 unspecified atom stereocenters. The van der Waals surface area contributed by atoms with Gasteiger partial charge in [0.1, 0.15) is 0 Å². The van der Waals surface area contributed by atoms with Gasteiger partial charge in [-0.1, -0.05) is 6.07 Å². The number of hydrogen-bond donors (Lipinski definition) is 1. The van der Waals surface area contributed by atoms with Gasteiger partial charge in [0.25, 0.3) is 0 Å². The molecule has 0 radical (unpaired) electrons. The van der Waals surface area contributed by atoms with E-state index in [9.17, 15) is 9.59 Å². The van der Waals surface area contributed by atoms with Crippen LogP contribution in [-0.4, -0.2) is 32.1 Å². The molecule has 102 valence electrons. The van der Waals surface area contributed by atoms with Crippen LogP contribution in [0.5, 0.6) is 0 Å². The van der Waals surface area contributed by atoms with E-state index in [0.717, 1.165) is 0 Å². The van der Waals surface area contributed by atoms with E-state index in [2.05, 4.69) is 15.9 Å². The minimum atomic E-state index is -0.434. The maximum absolute atomic E-state index is 12.0. The number of nitrogens with two attached hydrogens (primary N) is 1. The minimum absolute atomic E-state index is 0.0261. The molecule has 1 aromatic carbocycles. The van der Waals surface area contributed by atoms with Crippen molar-refractivity contribution in [3.63, 3.8) is 0 Å². The Morgan fingerprint density at radius 2 is 2.32 bits per heavy atom. The Balaban J connectivity index is 2.36. The summed E-state index contributed by atoms with van der Waals surface area (Å²) in [5.41, 5.74) is 6.70. The molecular formula is C13H15BrN2O3. The molecule has 1 amide bonds. The number of benzene rings is 1. The van der Waals surface area contributed by atoms with Crippen LogP contribution in [0.15, 0.2) is 22.7 Å². The van der Waals surface area contributed by atoms with Gasteiger partial charge in [0, 0.05) is 13.0 Å². The highest BCUT2D eigenvalue weighted by atomic mass is 79.9. The van der Waals surface area contributed by atoms with E-state index in [-0.39, 0.29) is 11.8 Å². The molecule has 1 aliphatic heterocycles. The van der Waals surface area contributed by atoms with Gasteiger partial charge in [0.2, 0.25) is 5.91 Å². The van der Waals surface area contributed by atoms with Gasteiger partial charge in [-0.15, -0.1) is 0 Å². The van der Waals surface area contributed by atoms with Crippen molar-refractivity contribution in [1.82, 2.24) is 0 Å². The van der Waals surface area contributed by atoms with Crippen molar-refractivity contribution < 1.29 is 14.3 Å². The van der Waals surface area contributed by atoms with Crippen molar-refractivity contribution >= 4 is 33.5 Å². The summed E-state index contributed by atoms with van der Waals surface area (Å²) >= 11 is 3.38. The first-order valence-electron chi connectivity index (χ1n) is 5.95. The lowest BCUT2D eigenvalue weighted by Gasteiger charge is -2.19. The third kappa shape index (κ3) is 2.64. The Bertz CT molecular complexity index is 519. The minimum Gasteiger partial charge on any atom is -0.465 e. The molecule has 0 aliphatic carbocycles. The van der Waals surface area contributed by atoms with Crippen molar-refractivity contribution in [1.29, 1.82) is 0 Å². The van der Waals surface area contributed by atoms with E-state index in [1.54, 1.807) is 23.1 Å². The first kappa shape index (κ1) is 14.0. The van der Waals surface area contributed by atoms with Gasteiger partial charge < -0.3 is 15.4 Å². The summed E-state index contributed by atoms with van der Waals surface area (Å²) in [6.07, 6.45) is 0.450. The lowest BCUT2D eigenvalue weighted by Crippen LogP contribution is -2.26. The SMILES string of the molecule is COC(=O)c1cccc(N2CC(CN)CC2=O)c1Br. The van der Waals surface area contributed by atoms with E-state index in [1.165, 1.54) is 7.11 Å². The standard InChI is InChI=1S/C13H15BrN2O3/c1-19-13(18)9-3-2-4-10(12(9)14)16-7-8(6-15)5-11(16)17/h2-4,8H,5-7,15H2,1H3. The fourth-order valence-corrected chi connectivity index (χ4v) is 2.81. The van der Waals surface area contributed by atoms with Crippen LogP contribution in [0.2, 0.25) is 0 Å². The first-order chi connectivity index (χ1) is 9.08. The van der Waals surface area contributed by atoms with Crippen LogP contribution >= 0.6 is 15.9 Å². The summed E-state index contributed by atoms with van der Waals surface area (Å²) in [4.78, 5) is 25.3. The highest BCUT2D eigenvalue weighted by molar-refractivity contribution is 9.10. The van der Waals surface area contributed by atoms with E-state index in [0.29, 0.717) is 35.2 Å². The zero-order valence-electron chi connectivity index (χ0n) is 10.6. The normalized spacial score (nSPS) is 18.8. The molecule has 2 rings (SSSR count). The van der Waals surface area contributed by atoms with Gasteiger partial charge >= 0.3 is 5.97 Å². The second-order valence-corrected chi connectivity index (χ2v) is 5.23. The smallest absolute Gasteiger partial charge is 0.339 e. The van der Waals surface area contributed by atoms with Crippen LogP contribution in [0.25, 0.3) is 0 Å². The van der Waals surface area contributed by atoms with Crippen LogP contribution in [0.1, 0.15) is 16.8 Å². The van der Waals surface area contributed by atoms with Crippen LogP contribution in [0.3, 0.4) is 0 Å². The number of halogens is 1. The summed E-state index contributed by atoms with van der Waals surface area (Å²) in [7, 11) is 1.33. The van der Waals surface area contributed by atoms with E-state index in [4.69, 9.17) is 10.5 Å². The number of esters is 1. The predicted molar refractivity (Wildman–Crippen MR) is 75.0 cm³/mol. The topological polar surface area (TPSA) is 72.6 Å². The highest BCUT2D eigenvalue weighted by Gasteiger charge is 2.31. The summed E-state index contributed by atoms with van der Waals surface area (Å²) in [6.45, 7) is 1.06. The second-order valence-electron chi connectivity index (χ2n) is 4.44. The molecule has 6 heteroatoms. The van der Waals surface area contributed by atoms with Crippen molar-refractivity contribution in [2.24, 2.45) is 11.7 Å². The Kier molecular flexibility index (Phi) is 4.21. The third-order valence-electron chi connectivity index (χ3n) is 3.21. The molecule has 0 spiro atoms. The quantitative estimate of drug-likeness (QED) is 0.855. The van der Waals surface area contributed by atoms with E-state index in [1.807, 2.05) is 0 Å². The lowest BCUT2D eigenvalue weighted by atomic mass is 10.1. The average molecular weight is 327 g/mol. The zero-order chi connectivity index (χ0) is 14.0. The third-order valence-corrected chi connectivity index (χ3v) is 4.05.